The molecule has 2 aromatic carbocycles. The molecule has 0 amide bonds. The highest BCUT2D eigenvalue weighted by atomic mass is 19.1. The second-order valence-electron chi connectivity index (χ2n) is 10.5. The maximum absolute atomic E-state index is 14.2. The number of hydrogen-bond donors (Lipinski definition) is 0. The van der Waals surface area contributed by atoms with Crippen molar-refractivity contribution in [1.29, 1.82) is 0 Å². The van der Waals surface area contributed by atoms with Gasteiger partial charge in [-0.3, -0.25) is 9.79 Å². The first-order chi connectivity index (χ1) is 18.0. The Morgan fingerprint density at radius 2 is 1.79 bits per heavy atom. The Labute approximate surface area is 224 Å². The van der Waals surface area contributed by atoms with Gasteiger partial charge in [0.05, 0.1) is 26.4 Å². The fourth-order valence-electron chi connectivity index (χ4n) is 5.05. The van der Waals surface area contributed by atoms with Crippen LogP contribution in [0.5, 0.6) is 5.75 Å². The fraction of sp³-hybridized carbons (Fsp3) is 0.433. The van der Waals surface area contributed by atoms with Gasteiger partial charge in [0.2, 0.25) is 0 Å². The van der Waals surface area contributed by atoms with Crippen LogP contribution in [-0.4, -0.2) is 57.0 Å². The molecular formula is C30H37FN2O5. The second-order valence-corrected chi connectivity index (χ2v) is 10.5. The highest BCUT2D eigenvalue weighted by molar-refractivity contribution is 6.07. The van der Waals surface area contributed by atoms with Gasteiger partial charge in [0.1, 0.15) is 17.5 Å². The normalized spacial score (nSPS) is 17.8. The number of allylic oxidation sites excluding steroid dienone is 1. The molecule has 204 valence electrons. The Balaban J connectivity index is 1.78. The van der Waals surface area contributed by atoms with Crippen LogP contribution in [0.15, 0.2) is 64.8 Å². The van der Waals surface area contributed by atoms with Crippen molar-refractivity contribution in [2.45, 2.75) is 40.2 Å². The Kier molecular flexibility index (Phi) is 9.44. The van der Waals surface area contributed by atoms with Crippen LogP contribution in [0, 0.1) is 17.2 Å². The molecule has 0 radical (unpaired) electrons. The number of rotatable bonds is 10. The molecule has 2 atom stereocenters. The monoisotopic (exact) mass is 524 g/mol. The summed E-state index contributed by atoms with van der Waals surface area (Å²) in [6.07, 6.45) is 0. The molecule has 0 saturated carbocycles. The third-order valence-corrected chi connectivity index (χ3v) is 6.59. The van der Waals surface area contributed by atoms with E-state index in [2.05, 4.69) is 9.89 Å². The van der Waals surface area contributed by atoms with Gasteiger partial charge in [0.25, 0.3) is 0 Å². The SMILES string of the molecule is COC(=O)C1C(C)=NC(C)=C(C(=O)OCC(C)(C)CN(C)Cc2cccc(OC)c2)C1c1cccc(F)c1. The summed E-state index contributed by atoms with van der Waals surface area (Å²) in [4.78, 5) is 32.9. The van der Waals surface area contributed by atoms with Crippen LogP contribution in [0.1, 0.15) is 44.7 Å². The minimum atomic E-state index is -0.866. The van der Waals surface area contributed by atoms with Crippen molar-refractivity contribution in [2.75, 3.05) is 34.4 Å². The van der Waals surface area contributed by atoms with E-state index in [-0.39, 0.29) is 17.6 Å². The molecular weight excluding hydrogens is 487 g/mol. The molecule has 0 saturated heterocycles. The molecule has 2 unspecified atom stereocenters. The van der Waals surface area contributed by atoms with Crippen molar-refractivity contribution in [3.05, 3.63) is 76.7 Å². The smallest absolute Gasteiger partial charge is 0.336 e. The van der Waals surface area contributed by atoms with E-state index in [9.17, 15) is 14.0 Å². The van der Waals surface area contributed by atoms with Gasteiger partial charge < -0.3 is 19.1 Å². The highest BCUT2D eigenvalue weighted by Crippen LogP contribution is 2.40. The lowest BCUT2D eigenvalue weighted by Crippen LogP contribution is -2.38. The van der Waals surface area contributed by atoms with Crippen molar-refractivity contribution < 1.29 is 28.2 Å². The molecule has 1 heterocycles. The number of ether oxygens (including phenoxy) is 3. The number of methoxy groups -OCH3 is 2. The molecule has 1 aliphatic rings. The van der Waals surface area contributed by atoms with Crippen LogP contribution >= 0.6 is 0 Å². The molecule has 0 aliphatic carbocycles. The van der Waals surface area contributed by atoms with Crippen molar-refractivity contribution >= 4 is 17.7 Å². The minimum absolute atomic E-state index is 0.145. The van der Waals surface area contributed by atoms with E-state index < -0.39 is 29.6 Å². The summed E-state index contributed by atoms with van der Waals surface area (Å²) in [5.41, 5.74) is 2.40. The maximum Gasteiger partial charge on any atom is 0.336 e. The lowest BCUT2D eigenvalue weighted by atomic mass is 9.75. The third-order valence-electron chi connectivity index (χ3n) is 6.59. The summed E-state index contributed by atoms with van der Waals surface area (Å²) in [6.45, 7) is 8.96. The van der Waals surface area contributed by atoms with E-state index in [1.54, 1.807) is 33.1 Å². The first-order valence-corrected chi connectivity index (χ1v) is 12.5. The van der Waals surface area contributed by atoms with Gasteiger partial charge in [0, 0.05) is 35.8 Å². The summed E-state index contributed by atoms with van der Waals surface area (Å²) < 4.78 is 30.4. The predicted octanol–water partition coefficient (Wildman–Crippen LogP) is 5.16. The van der Waals surface area contributed by atoms with E-state index in [1.807, 2.05) is 45.2 Å². The van der Waals surface area contributed by atoms with Gasteiger partial charge in [-0.05, 0) is 56.3 Å². The van der Waals surface area contributed by atoms with Crippen LogP contribution in [0.4, 0.5) is 4.39 Å². The number of esters is 2. The molecule has 0 bridgehead atoms. The fourth-order valence-corrected chi connectivity index (χ4v) is 5.05. The molecule has 0 aromatic heterocycles. The highest BCUT2D eigenvalue weighted by Gasteiger charge is 2.42. The van der Waals surface area contributed by atoms with E-state index in [4.69, 9.17) is 14.2 Å². The van der Waals surface area contributed by atoms with Crippen molar-refractivity contribution in [3.8, 4) is 5.75 Å². The standard InChI is InChI=1S/C30H37FN2O5/c1-19-25(28(34)37-7)27(22-11-9-12-23(31)15-22)26(20(2)32-19)29(35)38-18-30(3,4)17-33(5)16-21-10-8-13-24(14-21)36-6/h8-15,25,27H,16-18H2,1-7H3. The molecule has 7 nitrogen and oxygen atoms in total. The van der Waals surface area contributed by atoms with Gasteiger partial charge in [-0.2, -0.15) is 0 Å². The molecule has 3 rings (SSSR count). The van der Waals surface area contributed by atoms with Crippen molar-refractivity contribution in [1.82, 2.24) is 4.90 Å². The number of aliphatic imine (C=N–C) groups is 1. The van der Waals surface area contributed by atoms with Gasteiger partial charge in [-0.25, -0.2) is 9.18 Å². The lowest BCUT2D eigenvalue weighted by molar-refractivity contribution is -0.145. The lowest BCUT2D eigenvalue weighted by Gasteiger charge is -2.33. The van der Waals surface area contributed by atoms with Crippen LogP contribution < -0.4 is 4.74 Å². The molecule has 0 N–H and O–H groups in total. The number of carbonyl (C=O) groups excluding carboxylic acids is 2. The van der Waals surface area contributed by atoms with Crippen LogP contribution in [-0.2, 0) is 25.6 Å². The number of hydrogen-bond acceptors (Lipinski definition) is 7. The zero-order chi connectivity index (χ0) is 28.0. The van der Waals surface area contributed by atoms with Crippen LogP contribution in [0.2, 0.25) is 0 Å². The van der Waals surface area contributed by atoms with Gasteiger partial charge in [-0.15, -0.1) is 0 Å². The molecule has 2 aromatic rings. The molecule has 8 heteroatoms. The van der Waals surface area contributed by atoms with Gasteiger partial charge >= 0.3 is 11.9 Å². The first-order valence-electron chi connectivity index (χ1n) is 12.5. The molecule has 1 aliphatic heterocycles. The largest absolute Gasteiger partial charge is 0.497 e. The topological polar surface area (TPSA) is 77.4 Å². The van der Waals surface area contributed by atoms with E-state index in [1.165, 1.54) is 19.2 Å². The number of benzene rings is 2. The number of carbonyl (C=O) groups is 2. The molecule has 38 heavy (non-hydrogen) atoms. The van der Waals surface area contributed by atoms with Crippen molar-refractivity contribution in [3.63, 3.8) is 0 Å². The zero-order valence-corrected chi connectivity index (χ0v) is 23.2. The number of halogens is 1. The molecule has 0 spiro atoms. The average Bonchev–Trinajstić information content (AvgIpc) is 2.86. The van der Waals surface area contributed by atoms with E-state index in [0.717, 1.165) is 11.3 Å². The quantitative estimate of drug-likeness (QED) is 0.400. The second kappa shape index (κ2) is 12.3. The third kappa shape index (κ3) is 7.07. The first kappa shape index (κ1) is 29.0. The number of nitrogens with zero attached hydrogens (tertiary/aromatic N) is 2. The summed E-state index contributed by atoms with van der Waals surface area (Å²) in [7, 11) is 4.93. The van der Waals surface area contributed by atoms with Crippen LogP contribution in [0.3, 0.4) is 0 Å². The Morgan fingerprint density at radius 3 is 2.45 bits per heavy atom. The minimum Gasteiger partial charge on any atom is -0.497 e. The molecule has 0 fully saturated rings. The summed E-state index contributed by atoms with van der Waals surface area (Å²) in [6, 6.07) is 13.8. The van der Waals surface area contributed by atoms with E-state index >= 15 is 0 Å². The summed E-state index contributed by atoms with van der Waals surface area (Å²) >= 11 is 0. The Morgan fingerprint density at radius 1 is 1.08 bits per heavy atom. The van der Waals surface area contributed by atoms with E-state index in [0.29, 0.717) is 30.1 Å². The van der Waals surface area contributed by atoms with Gasteiger partial charge in [-0.1, -0.05) is 38.1 Å². The zero-order valence-electron chi connectivity index (χ0n) is 23.2. The van der Waals surface area contributed by atoms with Gasteiger partial charge in [0.15, 0.2) is 0 Å². The summed E-state index contributed by atoms with van der Waals surface area (Å²) in [5.74, 6) is -2.42. The average molecular weight is 525 g/mol. The predicted molar refractivity (Wildman–Crippen MR) is 145 cm³/mol. The Hall–Kier alpha value is -3.52. The maximum atomic E-state index is 14.2. The van der Waals surface area contributed by atoms with Crippen molar-refractivity contribution in [2.24, 2.45) is 16.3 Å². The Bertz CT molecular complexity index is 1240. The van der Waals surface area contributed by atoms with Crippen LogP contribution in [0.25, 0.3) is 0 Å². The summed E-state index contributed by atoms with van der Waals surface area (Å²) in [5, 5.41) is 0.